The lowest BCUT2D eigenvalue weighted by molar-refractivity contribution is -0.139. The van der Waals surface area contributed by atoms with Crippen LogP contribution in [0, 0.1) is 13.8 Å². The van der Waals surface area contributed by atoms with Crippen molar-refractivity contribution in [2.75, 3.05) is 122 Å². The van der Waals surface area contributed by atoms with Crippen LogP contribution in [0.25, 0.3) is 10.9 Å². The van der Waals surface area contributed by atoms with Gasteiger partial charge in [0.15, 0.2) is 5.95 Å². The highest BCUT2D eigenvalue weighted by molar-refractivity contribution is 8.19. The number of rotatable bonds is 34. The van der Waals surface area contributed by atoms with Gasteiger partial charge in [-0.2, -0.15) is 4.72 Å². The number of nitrogens with zero attached hydrogens (tertiary/aromatic N) is 6. The molecule has 18 N–H and O–H groups in total. The Labute approximate surface area is 542 Å². The lowest BCUT2D eigenvalue weighted by Crippen LogP contribution is -2.58. The minimum atomic E-state index is -4.58. The predicted octanol–water partition coefficient (Wildman–Crippen LogP) is -1.08. The third-order valence-corrected chi connectivity index (χ3v) is 17.6. The molecule has 2 aromatic carbocycles. The SMILES string of the molecule is C=C(O)CN1CCN(CC(=O)O)CCN(CC(=O)NC(CS(O)(O)O)C(=O)NC(CS(O)(O)O)C(=O)NCCNC(=O)CCCOc2cc(C)c(S(=O)(=O)NC(CNC(=O)c3cn(C)c4cc(CNc5ncc[nH]5)ccc4c3=O)C(=O)O)c(C)c2)CCN(CC(=O)O)CC1. The van der Waals surface area contributed by atoms with E-state index in [9.17, 15) is 99.3 Å². The fourth-order valence-electron chi connectivity index (χ4n) is 9.88. The molecule has 1 fully saturated rings. The van der Waals surface area contributed by atoms with Gasteiger partial charge in [-0.15, -0.1) is 0 Å². The minimum absolute atomic E-state index is 0.00518. The number of aliphatic carboxylic acids is 3. The van der Waals surface area contributed by atoms with E-state index in [-0.39, 0.29) is 130 Å². The zero-order chi connectivity index (χ0) is 69.7. The van der Waals surface area contributed by atoms with Gasteiger partial charge < -0.3 is 93.9 Å². The summed E-state index contributed by atoms with van der Waals surface area (Å²) in [6, 6.07) is 1.85. The molecule has 0 saturated carbocycles. The first-order valence-corrected chi connectivity index (χ1v) is 33.8. The van der Waals surface area contributed by atoms with Crippen LogP contribution in [-0.4, -0.2) is 272 Å². The van der Waals surface area contributed by atoms with E-state index in [1.165, 1.54) is 37.1 Å². The summed E-state index contributed by atoms with van der Waals surface area (Å²) < 4.78 is 96.5. The number of amides is 5. The number of carboxylic acid groups (broad SMARTS) is 3. The van der Waals surface area contributed by atoms with Crippen molar-refractivity contribution < 1.29 is 99.3 Å². The van der Waals surface area contributed by atoms with E-state index in [0.29, 0.717) is 18.0 Å². The maximum atomic E-state index is 13.7. The molecule has 36 nitrogen and oxygen atoms in total. The van der Waals surface area contributed by atoms with Crippen molar-refractivity contribution in [3.8, 4) is 5.75 Å². The molecule has 0 bridgehead atoms. The van der Waals surface area contributed by atoms with E-state index in [2.05, 4.69) is 53.2 Å². The first-order chi connectivity index (χ1) is 44.1. The van der Waals surface area contributed by atoms with Gasteiger partial charge in [0.2, 0.25) is 39.1 Å². The van der Waals surface area contributed by atoms with Crippen LogP contribution in [0.1, 0.15) is 39.9 Å². The van der Waals surface area contributed by atoms with Crippen molar-refractivity contribution in [1.29, 1.82) is 0 Å². The Balaban J connectivity index is 1.10. The molecule has 5 rings (SSSR count). The van der Waals surface area contributed by atoms with Gasteiger partial charge in [0.1, 0.15) is 29.4 Å². The molecular weight excluding hydrogens is 1300 g/mol. The monoisotopic (exact) mass is 1390 g/mol. The first kappa shape index (κ1) is 76.7. The zero-order valence-corrected chi connectivity index (χ0v) is 54.1. The normalized spacial score (nSPS) is 15.6. The van der Waals surface area contributed by atoms with E-state index in [1.807, 2.05) is 0 Å². The van der Waals surface area contributed by atoms with Gasteiger partial charge in [0.25, 0.3) is 5.91 Å². The summed E-state index contributed by atoms with van der Waals surface area (Å²) in [7, 11) is -12.1. The Hall–Kier alpha value is -8.03. The number of ether oxygens (including phenoxy) is 1. The summed E-state index contributed by atoms with van der Waals surface area (Å²) in [4.78, 5) is 129. The molecule has 0 radical (unpaired) electrons. The summed E-state index contributed by atoms with van der Waals surface area (Å²) in [5.74, 6) is -10.8. The standard InChI is InChI=1S/C55H82N14O22S3/c1-34-22-38(23-35(2)50(34)94(89,90)64-41(54(81)82)26-60-51(78)40-28-65(4)44-24-37(7-8-39(44)49(40)77)25-61-55-58-11-12-59-55)91-21-5-6-45(71)56-9-10-57-52(79)42(32-92(83,84)85)63-53(80)43(33-93(86,87)88)62-46(72)29-67-15-19-68(30-47(73)74)17-13-66(27-36(3)70)14-18-69(20-16-67)31-48(75)76/h7-8,11-12,22-24,28,41-43,64,70,83-88H,3,5-6,9-10,13-21,25-27,29-33H2,1-2,4H3,(H,56,71)(H,57,79)(H,60,78)(H,62,72)(H,63,80)(H,73,74)(H,75,76)(H,81,82)(H2,58,59,61). The van der Waals surface area contributed by atoms with Crippen LogP contribution in [-0.2, 0) is 57.2 Å². The molecule has 3 atom stereocenters. The lowest BCUT2D eigenvalue weighted by Gasteiger charge is -2.33. The highest BCUT2D eigenvalue weighted by atomic mass is 32.3. The molecule has 1 aliphatic rings. The number of hydrogen-bond donors (Lipinski definition) is 18. The zero-order valence-electron chi connectivity index (χ0n) is 51.7. The number of pyridine rings is 1. The van der Waals surface area contributed by atoms with Gasteiger partial charge >= 0.3 is 17.9 Å². The Bertz CT molecular complexity index is 3460. The van der Waals surface area contributed by atoms with Gasteiger partial charge in [-0.3, -0.25) is 62.8 Å². The maximum absolute atomic E-state index is 13.7. The van der Waals surface area contributed by atoms with Gasteiger partial charge in [-0.05, 0) is 61.2 Å². The molecular formula is C55H82N14O22S3. The van der Waals surface area contributed by atoms with Crippen molar-refractivity contribution >= 4 is 96.1 Å². The number of nitrogens with one attached hydrogen (secondary N) is 8. The Morgan fingerprint density at radius 1 is 0.691 bits per heavy atom. The second-order valence-corrected chi connectivity index (χ2v) is 26.9. The van der Waals surface area contributed by atoms with Crippen LogP contribution in [0.5, 0.6) is 5.75 Å². The molecule has 3 unspecified atom stereocenters. The van der Waals surface area contributed by atoms with Crippen LogP contribution >= 0.6 is 21.7 Å². The molecule has 0 aliphatic carbocycles. The molecule has 94 heavy (non-hydrogen) atoms. The molecule has 39 heteroatoms. The number of carbonyl (C=O) groups is 8. The number of carbonyl (C=O) groups excluding carboxylic acids is 5. The Morgan fingerprint density at radius 2 is 1.23 bits per heavy atom. The number of aliphatic hydroxyl groups is 1. The molecule has 5 amide bonds. The van der Waals surface area contributed by atoms with Crippen LogP contribution in [0.2, 0.25) is 0 Å². The number of sulfonamides is 1. The number of fused-ring (bicyclic) bond motifs is 1. The van der Waals surface area contributed by atoms with Crippen LogP contribution < -0.4 is 46.8 Å². The summed E-state index contributed by atoms with van der Waals surface area (Å²) >= 11 is 0. The molecule has 3 heterocycles. The molecule has 1 saturated heterocycles. The van der Waals surface area contributed by atoms with E-state index >= 15 is 0 Å². The average Bonchev–Trinajstić information content (AvgIpc) is 0.846. The fraction of sp³-hybridized carbons (Fsp3) is 0.491. The van der Waals surface area contributed by atoms with E-state index in [4.69, 9.17) is 4.74 Å². The Kier molecular flexibility index (Phi) is 28.9. The number of aromatic nitrogens is 3. The molecule has 2 aromatic heterocycles. The van der Waals surface area contributed by atoms with Crippen LogP contribution in [0.3, 0.4) is 0 Å². The largest absolute Gasteiger partial charge is 0.512 e. The van der Waals surface area contributed by atoms with Gasteiger partial charge in [-0.1, -0.05) is 12.6 Å². The maximum Gasteiger partial charge on any atom is 0.323 e. The van der Waals surface area contributed by atoms with Crippen LogP contribution in [0.15, 0.2) is 71.0 Å². The van der Waals surface area contributed by atoms with Crippen molar-refractivity contribution in [3.05, 3.63) is 93.7 Å². The number of anilines is 1. The number of hydrogen-bond acceptors (Lipinski definition) is 25. The van der Waals surface area contributed by atoms with Gasteiger partial charge in [-0.25, -0.2) is 13.4 Å². The smallest absolute Gasteiger partial charge is 0.323 e. The highest BCUT2D eigenvalue weighted by Crippen LogP contribution is 2.35. The number of benzene rings is 2. The quantitative estimate of drug-likeness (QED) is 0.0195. The number of aryl methyl sites for hydroxylation is 3. The van der Waals surface area contributed by atoms with E-state index in [0.717, 1.165) is 5.56 Å². The highest BCUT2D eigenvalue weighted by Gasteiger charge is 2.35. The van der Waals surface area contributed by atoms with Crippen molar-refractivity contribution in [2.45, 2.75) is 56.3 Å². The number of carboxylic acids is 3. The molecule has 0 spiro atoms. The Morgan fingerprint density at radius 3 is 1.76 bits per heavy atom. The molecule has 522 valence electrons. The van der Waals surface area contributed by atoms with Crippen LogP contribution in [0.4, 0.5) is 5.95 Å². The molecule has 4 aromatic rings. The minimum Gasteiger partial charge on any atom is -0.512 e. The second kappa shape index (κ2) is 35.5. The van der Waals surface area contributed by atoms with Crippen molar-refractivity contribution in [2.24, 2.45) is 7.05 Å². The summed E-state index contributed by atoms with van der Waals surface area (Å²) in [5, 5.41) is 53.9. The molecule has 1 aliphatic heterocycles. The summed E-state index contributed by atoms with van der Waals surface area (Å²) in [6.45, 7) is 4.95. The lowest BCUT2D eigenvalue weighted by atomic mass is 10.1. The number of H-pyrrole nitrogens is 1. The van der Waals surface area contributed by atoms with Gasteiger partial charge in [0, 0.05) is 116 Å². The fourth-order valence-corrected chi connectivity index (χ4v) is 12.9. The van der Waals surface area contributed by atoms with E-state index < -0.39 is 140 Å². The second-order valence-electron chi connectivity index (χ2n) is 22.1. The van der Waals surface area contributed by atoms with Crippen molar-refractivity contribution in [1.82, 2.24) is 65.4 Å². The summed E-state index contributed by atoms with van der Waals surface area (Å²) in [5.41, 5.74) is 0.662. The van der Waals surface area contributed by atoms with Gasteiger partial charge in [0.05, 0.1) is 82.2 Å². The number of aromatic amines is 1. The predicted molar refractivity (Wildman–Crippen MR) is 343 cm³/mol. The first-order valence-electron chi connectivity index (χ1n) is 29.0. The third-order valence-electron chi connectivity index (χ3n) is 14.3. The topological polar surface area (TPSA) is 530 Å². The van der Waals surface area contributed by atoms with E-state index in [1.54, 1.807) is 56.9 Å². The van der Waals surface area contributed by atoms with Crippen molar-refractivity contribution in [3.63, 3.8) is 0 Å². The number of imidazole rings is 1. The summed E-state index contributed by atoms with van der Waals surface area (Å²) in [6.07, 6.45) is 4.50. The third kappa shape index (κ3) is 26.0. The average molecular weight is 1390 g/mol. The number of aliphatic hydroxyl groups excluding tert-OH is 1.